The quantitative estimate of drug-likeness (QED) is 0.258. The van der Waals surface area contributed by atoms with Crippen LogP contribution >= 0.6 is 11.6 Å². The first-order chi connectivity index (χ1) is 17.5. The van der Waals surface area contributed by atoms with Crippen LogP contribution < -0.4 is 10.1 Å². The highest BCUT2D eigenvalue weighted by atomic mass is 35.5. The number of aromatic hydroxyl groups is 2. The highest BCUT2D eigenvalue weighted by molar-refractivity contribution is 6.31. The van der Waals surface area contributed by atoms with Crippen molar-refractivity contribution in [3.05, 3.63) is 75.3 Å². The number of nitrogens with zero attached hydrogens (tertiary/aromatic N) is 1. The number of carbonyl (C=O) groups excluding carboxylic acids is 3. The molecule has 0 unspecified atom stereocenters. The third-order valence-corrected chi connectivity index (χ3v) is 7.47. The Morgan fingerprint density at radius 3 is 2.59 bits per heavy atom. The first-order valence-corrected chi connectivity index (χ1v) is 12.1. The normalized spacial score (nSPS) is 19.9. The zero-order valence-electron chi connectivity index (χ0n) is 20.7. The van der Waals surface area contributed by atoms with Crippen molar-refractivity contribution >= 4 is 39.9 Å². The van der Waals surface area contributed by atoms with E-state index in [1.165, 1.54) is 19.9 Å². The van der Waals surface area contributed by atoms with E-state index in [9.17, 15) is 24.6 Å². The number of phenolic OH excluding ortho intramolecular Hbond substituents is 2. The minimum atomic E-state index is -1.54. The molecule has 0 saturated carbocycles. The van der Waals surface area contributed by atoms with E-state index in [4.69, 9.17) is 16.3 Å². The molecule has 0 saturated heterocycles. The number of benzene rings is 2. The van der Waals surface area contributed by atoms with Crippen molar-refractivity contribution in [2.24, 2.45) is 0 Å². The van der Waals surface area contributed by atoms with Crippen molar-refractivity contribution in [2.45, 2.75) is 39.7 Å². The van der Waals surface area contributed by atoms with Gasteiger partial charge in [-0.05, 0) is 51.3 Å². The second-order valence-electron chi connectivity index (χ2n) is 9.53. The van der Waals surface area contributed by atoms with E-state index >= 15 is 0 Å². The monoisotopic (exact) mass is 520 g/mol. The standard InChI is InChI=1S/C28H25ClN2O6/c1-13-24(34)22(15(3)32)26-23(25(13)35)28(4)20(37-26)12-19(33)21(27(28)36)14(2)30-8-10-31-9-7-16-5-6-17(29)11-18(16)31/h5-7,9,11-12,30,34-35H,8,10H2,1-4H3/b21-14+/t28-/m0/s1. The van der Waals surface area contributed by atoms with Gasteiger partial charge in [0.2, 0.25) is 0 Å². The van der Waals surface area contributed by atoms with Gasteiger partial charge >= 0.3 is 0 Å². The van der Waals surface area contributed by atoms with Crippen molar-refractivity contribution in [3.63, 3.8) is 0 Å². The van der Waals surface area contributed by atoms with Crippen LogP contribution in [0.3, 0.4) is 0 Å². The van der Waals surface area contributed by atoms with Crippen LogP contribution in [0.1, 0.15) is 42.3 Å². The van der Waals surface area contributed by atoms with E-state index in [-0.39, 0.29) is 39.5 Å². The average Bonchev–Trinajstić information content (AvgIpc) is 3.36. The molecule has 2 heterocycles. The molecule has 1 aliphatic heterocycles. The number of rotatable bonds is 5. The highest BCUT2D eigenvalue weighted by Crippen LogP contribution is 2.57. The van der Waals surface area contributed by atoms with Gasteiger partial charge in [0.05, 0.1) is 11.1 Å². The molecule has 1 aliphatic carbocycles. The number of allylic oxidation sites excluding steroid dienone is 4. The molecule has 9 heteroatoms. The van der Waals surface area contributed by atoms with Crippen LogP contribution in [0.4, 0.5) is 0 Å². The third-order valence-electron chi connectivity index (χ3n) is 7.24. The Kier molecular flexibility index (Phi) is 5.68. The number of fused-ring (bicyclic) bond motifs is 4. The maximum absolute atomic E-state index is 13.9. The molecule has 3 N–H and O–H groups in total. The minimum Gasteiger partial charge on any atom is -0.507 e. The van der Waals surface area contributed by atoms with Gasteiger partial charge in [-0.25, -0.2) is 0 Å². The van der Waals surface area contributed by atoms with Crippen molar-refractivity contribution in [2.75, 3.05) is 6.54 Å². The number of nitrogens with one attached hydrogen (secondary N) is 1. The second-order valence-corrected chi connectivity index (χ2v) is 9.96. The summed E-state index contributed by atoms with van der Waals surface area (Å²) in [5.74, 6) is -2.47. The zero-order chi connectivity index (χ0) is 26.8. The maximum atomic E-state index is 13.9. The molecule has 2 aromatic carbocycles. The molecule has 190 valence electrons. The van der Waals surface area contributed by atoms with Gasteiger partial charge in [0.15, 0.2) is 17.3 Å². The van der Waals surface area contributed by atoms with Crippen LogP contribution in [0.2, 0.25) is 5.02 Å². The molecule has 8 nitrogen and oxygen atoms in total. The largest absolute Gasteiger partial charge is 0.507 e. The van der Waals surface area contributed by atoms with Gasteiger partial charge in [0, 0.05) is 47.2 Å². The van der Waals surface area contributed by atoms with Crippen LogP contribution in [-0.4, -0.2) is 38.7 Å². The first kappa shape index (κ1) is 24.6. The van der Waals surface area contributed by atoms with Gasteiger partial charge in [-0.2, -0.15) is 0 Å². The Morgan fingerprint density at radius 2 is 1.89 bits per heavy atom. The summed E-state index contributed by atoms with van der Waals surface area (Å²) in [6.45, 7) is 6.88. The summed E-state index contributed by atoms with van der Waals surface area (Å²) in [6, 6.07) is 7.63. The number of aromatic nitrogens is 1. The lowest BCUT2D eigenvalue weighted by Gasteiger charge is -2.29. The number of hydrogen-bond donors (Lipinski definition) is 3. The SMILES string of the molecule is CC(=O)c1c(O)c(C)c(O)c2c1OC1=CC(=O)/C(=C(/C)NCCn3ccc4ccc(Cl)cc43)C(=O)[C@@]12C. The topological polar surface area (TPSA) is 118 Å². The molecular weight excluding hydrogens is 496 g/mol. The Hall–Kier alpha value is -4.04. The number of ether oxygens (including phenoxy) is 1. The van der Waals surface area contributed by atoms with Gasteiger partial charge < -0.3 is 24.8 Å². The fourth-order valence-corrected chi connectivity index (χ4v) is 5.33. The van der Waals surface area contributed by atoms with Crippen molar-refractivity contribution in [3.8, 4) is 17.2 Å². The van der Waals surface area contributed by atoms with Crippen molar-refractivity contribution in [1.29, 1.82) is 0 Å². The van der Waals surface area contributed by atoms with Crippen LogP contribution in [0.25, 0.3) is 10.9 Å². The van der Waals surface area contributed by atoms with E-state index in [1.54, 1.807) is 13.8 Å². The molecule has 0 spiro atoms. The van der Waals surface area contributed by atoms with E-state index in [2.05, 4.69) is 5.32 Å². The maximum Gasteiger partial charge on any atom is 0.194 e. The smallest absolute Gasteiger partial charge is 0.194 e. The van der Waals surface area contributed by atoms with Gasteiger partial charge in [-0.15, -0.1) is 0 Å². The number of halogens is 1. The fraction of sp³-hybridized carbons (Fsp3) is 0.250. The number of carbonyl (C=O) groups is 3. The van der Waals surface area contributed by atoms with Gasteiger partial charge in [0.1, 0.15) is 34.0 Å². The second kappa shape index (κ2) is 8.52. The number of ketones is 3. The van der Waals surface area contributed by atoms with Crippen molar-refractivity contribution < 1.29 is 29.3 Å². The molecule has 1 aromatic heterocycles. The molecule has 3 aromatic rings. The summed E-state index contributed by atoms with van der Waals surface area (Å²) in [6.07, 6.45) is 3.15. The van der Waals surface area contributed by atoms with Gasteiger partial charge in [-0.3, -0.25) is 14.4 Å². The average molecular weight is 521 g/mol. The first-order valence-electron chi connectivity index (χ1n) is 11.7. The van der Waals surface area contributed by atoms with E-state index in [0.29, 0.717) is 23.8 Å². The molecule has 1 atom stereocenters. The lowest BCUT2D eigenvalue weighted by molar-refractivity contribution is -0.123. The molecule has 0 fully saturated rings. The lowest BCUT2D eigenvalue weighted by atomic mass is 9.70. The lowest BCUT2D eigenvalue weighted by Crippen LogP contribution is -2.41. The Morgan fingerprint density at radius 1 is 1.16 bits per heavy atom. The molecule has 0 bridgehead atoms. The summed E-state index contributed by atoms with van der Waals surface area (Å²) in [5, 5.41) is 26.3. The van der Waals surface area contributed by atoms with Crippen LogP contribution in [0.15, 0.2) is 53.6 Å². The van der Waals surface area contributed by atoms with Gasteiger partial charge in [0.25, 0.3) is 0 Å². The number of phenols is 2. The molecule has 5 rings (SSSR count). The number of hydrogen-bond acceptors (Lipinski definition) is 7. The predicted molar refractivity (Wildman–Crippen MR) is 138 cm³/mol. The van der Waals surface area contributed by atoms with Crippen molar-refractivity contribution in [1.82, 2.24) is 9.88 Å². The summed E-state index contributed by atoms with van der Waals surface area (Å²) in [4.78, 5) is 39.2. The Labute approximate surface area is 217 Å². The Balaban J connectivity index is 1.50. The van der Waals surface area contributed by atoms with Crippen LogP contribution in [0, 0.1) is 6.92 Å². The van der Waals surface area contributed by atoms with E-state index in [1.807, 2.05) is 35.0 Å². The van der Waals surface area contributed by atoms with E-state index < -0.39 is 28.5 Å². The molecule has 2 aliphatic rings. The fourth-order valence-electron chi connectivity index (χ4n) is 5.17. The predicted octanol–water partition coefficient (Wildman–Crippen LogP) is 4.47. The summed E-state index contributed by atoms with van der Waals surface area (Å²) < 4.78 is 7.82. The summed E-state index contributed by atoms with van der Waals surface area (Å²) >= 11 is 6.14. The van der Waals surface area contributed by atoms with Gasteiger partial charge in [-0.1, -0.05) is 17.7 Å². The highest BCUT2D eigenvalue weighted by Gasteiger charge is 2.56. The minimum absolute atomic E-state index is 0.00698. The summed E-state index contributed by atoms with van der Waals surface area (Å²) in [7, 11) is 0. The van der Waals surface area contributed by atoms with Crippen LogP contribution in [-0.2, 0) is 21.5 Å². The van der Waals surface area contributed by atoms with E-state index in [0.717, 1.165) is 10.9 Å². The molecule has 0 radical (unpaired) electrons. The molecule has 0 amide bonds. The van der Waals surface area contributed by atoms with Crippen LogP contribution in [0.5, 0.6) is 17.2 Å². The summed E-state index contributed by atoms with van der Waals surface area (Å²) in [5.41, 5.74) is -0.256. The Bertz CT molecular complexity index is 1610. The molecule has 37 heavy (non-hydrogen) atoms. The molecular formula is C28H25ClN2O6. The zero-order valence-corrected chi connectivity index (χ0v) is 21.5. The third kappa shape index (κ3) is 3.54. The number of Topliss-reactive ketones (excluding diaryl/α,β-unsaturated/α-hetero) is 2.